The smallest absolute Gasteiger partial charge is 0.224 e. The lowest BCUT2D eigenvalue weighted by Gasteiger charge is -2.49. The summed E-state index contributed by atoms with van der Waals surface area (Å²) in [6.07, 6.45) is 4.45. The van der Waals surface area contributed by atoms with E-state index in [1.54, 1.807) is 6.07 Å². The number of hydrogen-bond acceptors (Lipinski definition) is 6. The number of nitrogens with one attached hydrogen (secondary N) is 2. The number of ether oxygens (including phenoxy) is 1. The maximum Gasteiger partial charge on any atom is 0.224 e. The Morgan fingerprint density at radius 2 is 2.00 bits per heavy atom. The molecule has 0 amide bonds. The second kappa shape index (κ2) is 9.69. The zero-order valence-corrected chi connectivity index (χ0v) is 21.4. The summed E-state index contributed by atoms with van der Waals surface area (Å²) in [7, 11) is 0. The summed E-state index contributed by atoms with van der Waals surface area (Å²) in [5.41, 5.74) is 2.12. The fourth-order valence-corrected chi connectivity index (χ4v) is 5.18. The highest BCUT2D eigenvalue weighted by molar-refractivity contribution is 6.35. The van der Waals surface area contributed by atoms with Gasteiger partial charge in [0.2, 0.25) is 5.95 Å². The number of halogens is 3. The minimum absolute atomic E-state index is 0.0400. The van der Waals surface area contributed by atoms with Gasteiger partial charge in [-0.1, -0.05) is 29.3 Å². The summed E-state index contributed by atoms with van der Waals surface area (Å²) in [4.78, 5) is 10.2. The Morgan fingerprint density at radius 3 is 2.69 bits per heavy atom. The first-order valence-corrected chi connectivity index (χ1v) is 12.2. The van der Waals surface area contributed by atoms with Crippen LogP contribution in [0.3, 0.4) is 0 Å². The fourth-order valence-electron chi connectivity index (χ4n) is 4.51. The fraction of sp³-hybridized carbons (Fsp3) is 0.269. The predicted octanol–water partition coefficient (Wildman–Crippen LogP) is 5.96. The highest BCUT2D eigenvalue weighted by atomic mass is 35.5. The van der Waals surface area contributed by atoms with Crippen molar-refractivity contribution < 1.29 is 9.13 Å². The number of fused-ring (bicyclic) bond motifs is 1. The van der Waals surface area contributed by atoms with Crippen LogP contribution in [0.4, 0.5) is 10.2 Å². The molecule has 186 valence electrons. The molecule has 0 radical (unpaired) electrons. The van der Waals surface area contributed by atoms with Crippen molar-refractivity contribution >= 4 is 39.9 Å². The molecule has 0 aliphatic carbocycles. The Morgan fingerprint density at radius 1 is 1.25 bits per heavy atom. The molecule has 0 bridgehead atoms. The first-order valence-electron chi connectivity index (χ1n) is 11.5. The van der Waals surface area contributed by atoms with Crippen LogP contribution >= 0.6 is 23.2 Å². The maximum atomic E-state index is 15.2. The molecule has 4 aromatic rings. The molecule has 1 aliphatic rings. The van der Waals surface area contributed by atoms with Crippen LogP contribution in [-0.4, -0.2) is 45.3 Å². The lowest BCUT2D eigenvalue weighted by molar-refractivity contribution is 0.227. The molecule has 1 saturated heterocycles. The van der Waals surface area contributed by atoms with E-state index >= 15 is 4.39 Å². The van der Waals surface area contributed by atoms with Crippen LogP contribution < -0.4 is 15.0 Å². The van der Waals surface area contributed by atoms with E-state index < -0.39 is 12.1 Å². The van der Waals surface area contributed by atoms with Gasteiger partial charge in [-0.25, -0.2) is 4.98 Å². The van der Waals surface area contributed by atoms with Gasteiger partial charge in [0, 0.05) is 43.0 Å². The number of aromatic amines is 1. The Balaban J connectivity index is 1.38. The van der Waals surface area contributed by atoms with Gasteiger partial charge in [0.05, 0.1) is 26.7 Å². The molecule has 7 nitrogen and oxygen atoms in total. The third kappa shape index (κ3) is 4.64. The number of anilines is 1. The summed E-state index contributed by atoms with van der Waals surface area (Å²) in [6.45, 7) is 9.92. The molecule has 10 heteroatoms. The monoisotopic (exact) mass is 526 g/mol. The van der Waals surface area contributed by atoms with Crippen molar-refractivity contribution in [3.63, 3.8) is 0 Å². The first-order chi connectivity index (χ1) is 17.3. The SMILES string of the molecule is C=CCNC1(C)CN(c2ccc(-c3n[nH]c4ccc(O[C@H](C)c5c(Cl)cncc5Cl)cc34)c(F)n2)C1. The largest absolute Gasteiger partial charge is 0.486 e. The molecule has 36 heavy (non-hydrogen) atoms. The molecule has 0 spiro atoms. The highest BCUT2D eigenvalue weighted by Gasteiger charge is 2.38. The minimum atomic E-state index is -0.580. The molecule has 1 fully saturated rings. The number of pyridine rings is 2. The van der Waals surface area contributed by atoms with E-state index in [4.69, 9.17) is 27.9 Å². The van der Waals surface area contributed by atoms with E-state index in [1.165, 1.54) is 12.4 Å². The van der Waals surface area contributed by atoms with Crippen molar-refractivity contribution in [2.75, 3.05) is 24.5 Å². The lowest BCUT2D eigenvalue weighted by Crippen LogP contribution is -2.67. The topological polar surface area (TPSA) is 79.0 Å². The lowest BCUT2D eigenvalue weighted by atomic mass is 9.92. The molecule has 0 saturated carbocycles. The van der Waals surface area contributed by atoms with Gasteiger partial charge in [-0.05, 0) is 44.2 Å². The average molecular weight is 527 g/mol. The van der Waals surface area contributed by atoms with Crippen molar-refractivity contribution in [1.29, 1.82) is 0 Å². The van der Waals surface area contributed by atoms with Crippen molar-refractivity contribution in [1.82, 2.24) is 25.5 Å². The van der Waals surface area contributed by atoms with Gasteiger partial charge >= 0.3 is 0 Å². The highest BCUT2D eigenvalue weighted by Crippen LogP contribution is 2.36. The molecular formula is C26H25Cl2FN6O. The maximum absolute atomic E-state index is 15.2. The first kappa shape index (κ1) is 24.5. The minimum Gasteiger partial charge on any atom is -0.486 e. The van der Waals surface area contributed by atoms with Crippen molar-refractivity contribution in [2.24, 2.45) is 0 Å². The number of benzene rings is 1. The van der Waals surface area contributed by atoms with E-state index in [9.17, 15) is 0 Å². The van der Waals surface area contributed by atoms with E-state index in [0.717, 1.165) is 25.2 Å². The van der Waals surface area contributed by atoms with E-state index in [1.807, 2.05) is 42.2 Å². The van der Waals surface area contributed by atoms with E-state index in [2.05, 4.69) is 39.0 Å². The quantitative estimate of drug-likeness (QED) is 0.218. The molecule has 4 heterocycles. The number of rotatable bonds is 8. The summed E-state index contributed by atoms with van der Waals surface area (Å²) in [5.74, 6) is 0.583. The van der Waals surface area contributed by atoms with Crippen molar-refractivity contribution in [2.45, 2.75) is 25.5 Å². The third-order valence-electron chi connectivity index (χ3n) is 6.31. The van der Waals surface area contributed by atoms with Gasteiger partial charge in [0.15, 0.2) is 0 Å². The average Bonchev–Trinajstić information content (AvgIpc) is 3.24. The van der Waals surface area contributed by atoms with Gasteiger partial charge in [0.25, 0.3) is 0 Å². The standard InChI is InChI=1S/C26H25Cl2FN6O/c1-4-9-31-26(3)13-35(14-26)22-8-6-17(25(29)32-22)24-18-10-16(5-7-21(18)33-34-24)36-15(2)23-19(27)11-30-12-20(23)28/h4-8,10-12,15,31H,1,9,13-14H2,2-3H3,(H,33,34)/t15-/m1/s1. The van der Waals surface area contributed by atoms with E-state index in [-0.39, 0.29) is 5.54 Å². The Hall–Kier alpha value is -3.20. The normalized spacial score (nSPS) is 15.5. The van der Waals surface area contributed by atoms with Crippen LogP contribution in [0.1, 0.15) is 25.5 Å². The van der Waals surface area contributed by atoms with Crippen molar-refractivity contribution in [3.8, 4) is 17.0 Å². The van der Waals surface area contributed by atoms with Gasteiger partial charge in [-0.2, -0.15) is 9.49 Å². The number of nitrogens with zero attached hydrogens (tertiary/aromatic N) is 4. The molecular weight excluding hydrogens is 502 g/mol. The number of H-pyrrole nitrogens is 1. The molecule has 5 rings (SSSR count). The van der Waals surface area contributed by atoms with E-state index in [0.29, 0.717) is 43.8 Å². The summed E-state index contributed by atoms with van der Waals surface area (Å²) < 4.78 is 21.3. The van der Waals surface area contributed by atoms with Crippen LogP contribution in [-0.2, 0) is 0 Å². The molecule has 1 aromatic carbocycles. The summed E-state index contributed by atoms with van der Waals surface area (Å²) >= 11 is 12.6. The number of aromatic nitrogens is 4. The predicted molar refractivity (Wildman–Crippen MR) is 141 cm³/mol. The summed E-state index contributed by atoms with van der Waals surface area (Å²) in [5, 5.41) is 12.3. The van der Waals surface area contributed by atoms with Crippen molar-refractivity contribution in [3.05, 3.63) is 76.9 Å². The zero-order chi connectivity index (χ0) is 25.4. The van der Waals surface area contributed by atoms with Gasteiger partial charge < -0.3 is 15.0 Å². The second-order valence-electron chi connectivity index (χ2n) is 9.15. The van der Waals surface area contributed by atoms with Gasteiger partial charge in [-0.15, -0.1) is 6.58 Å². The van der Waals surface area contributed by atoms with Crippen LogP contribution in [0.15, 0.2) is 55.4 Å². The molecule has 1 aliphatic heterocycles. The summed E-state index contributed by atoms with van der Waals surface area (Å²) in [6, 6.07) is 8.99. The Kier molecular flexibility index (Phi) is 6.59. The van der Waals surface area contributed by atoms with Crippen LogP contribution in [0.5, 0.6) is 5.75 Å². The van der Waals surface area contributed by atoms with Crippen LogP contribution in [0, 0.1) is 5.95 Å². The van der Waals surface area contributed by atoms with Crippen LogP contribution in [0.25, 0.3) is 22.2 Å². The van der Waals surface area contributed by atoms with Gasteiger partial charge in [-0.3, -0.25) is 10.1 Å². The van der Waals surface area contributed by atoms with Gasteiger partial charge in [0.1, 0.15) is 23.4 Å². The van der Waals surface area contributed by atoms with Crippen LogP contribution in [0.2, 0.25) is 10.0 Å². The molecule has 1 atom stereocenters. The second-order valence-corrected chi connectivity index (χ2v) is 9.97. The molecule has 3 aromatic heterocycles. The Labute approximate surface area is 218 Å². The Bertz CT molecular complexity index is 1420. The molecule has 0 unspecified atom stereocenters. The number of hydrogen-bond donors (Lipinski definition) is 2. The zero-order valence-electron chi connectivity index (χ0n) is 19.9. The third-order valence-corrected chi connectivity index (χ3v) is 6.91. The molecule has 2 N–H and O–H groups in total.